The number of hydrogen-bond acceptors (Lipinski definition) is 4. The SMILES string of the molecule is CCNC(C)c1ccc(N(C)C(C)CCSC)nc1. The van der Waals surface area contributed by atoms with Gasteiger partial charge in [-0.25, -0.2) is 4.98 Å². The van der Waals surface area contributed by atoms with Crippen molar-refractivity contribution in [1.29, 1.82) is 0 Å². The third kappa shape index (κ3) is 5.03. The quantitative estimate of drug-likeness (QED) is 0.791. The molecule has 0 aliphatic rings. The highest BCUT2D eigenvalue weighted by Gasteiger charge is 2.11. The van der Waals surface area contributed by atoms with Gasteiger partial charge in [-0.3, -0.25) is 0 Å². The highest BCUT2D eigenvalue weighted by atomic mass is 32.2. The Kier molecular flexibility index (Phi) is 7.24. The summed E-state index contributed by atoms with van der Waals surface area (Å²) >= 11 is 1.90. The summed E-state index contributed by atoms with van der Waals surface area (Å²) in [5.74, 6) is 2.25. The van der Waals surface area contributed by atoms with Crippen LogP contribution in [0.15, 0.2) is 18.3 Å². The molecule has 0 aliphatic carbocycles. The number of hydrogen-bond donors (Lipinski definition) is 1. The summed E-state index contributed by atoms with van der Waals surface area (Å²) < 4.78 is 0. The number of anilines is 1. The first-order valence-electron chi connectivity index (χ1n) is 7.01. The van der Waals surface area contributed by atoms with Crippen molar-refractivity contribution in [1.82, 2.24) is 10.3 Å². The van der Waals surface area contributed by atoms with E-state index in [0.717, 1.165) is 12.4 Å². The second-order valence-corrected chi connectivity index (χ2v) is 5.96. The van der Waals surface area contributed by atoms with Crippen LogP contribution in [0.25, 0.3) is 0 Å². The molecule has 0 saturated heterocycles. The van der Waals surface area contributed by atoms with Crippen molar-refractivity contribution >= 4 is 17.6 Å². The third-order valence-corrected chi connectivity index (χ3v) is 4.19. The van der Waals surface area contributed by atoms with Crippen molar-refractivity contribution in [3.05, 3.63) is 23.9 Å². The number of thioether (sulfide) groups is 1. The van der Waals surface area contributed by atoms with Crippen molar-refractivity contribution in [2.45, 2.75) is 39.3 Å². The first-order valence-corrected chi connectivity index (χ1v) is 8.40. The minimum atomic E-state index is 0.366. The van der Waals surface area contributed by atoms with Gasteiger partial charge in [-0.05, 0) is 50.5 Å². The van der Waals surface area contributed by atoms with Gasteiger partial charge in [0, 0.05) is 25.3 Å². The van der Waals surface area contributed by atoms with E-state index in [1.807, 2.05) is 18.0 Å². The van der Waals surface area contributed by atoms with Gasteiger partial charge < -0.3 is 10.2 Å². The van der Waals surface area contributed by atoms with Gasteiger partial charge >= 0.3 is 0 Å². The molecule has 2 unspecified atom stereocenters. The van der Waals surface area contributed by atoms with Crippen LogP contribution in [0.5, 0.6) is 0 Å². The average molecular weight is 281 g/mol. The van der Waals surface area contributed by atoms with Crippen molar-refractivity contribution in [3.8, 4) is 0 Å². The Morgan fingerprint density at radius 2 is 2.11 bits per heavy atom. The number of aromatic nitrogens is 1. The Hall–Kier alpha value is -0.740. The number of pyridine rings is 1. The second-order valence-electron chi connectivity index (χ2n) is 4.97. The highest BCUT2D eigenvalue weighted by Crippen LogP contribution is 2.18. The van der Waals surface area contributed by atoms with Gasteiger partial charge in [-0.1, -0.05) is 13.0 Å². The maximum Gasteiger partial charge on any atom is 0.128 e. The van der Waals surface area contributed by atoms with Crippen LogP contribution < -0.4 is 10.2 Å². The molecular weight excluding hydrogens is 254 g/mol. The molecule has 0 aromatic carbocycles. The van der Waals surface area contributed by atoms with Crippen LogP contribution in [-0.4, -0.2) is 36.6 Å². The molecule has 1 aromatic heterocycles. The molecular formula is C15H27N3S. The molecule has 0 bridgehead atoms. The van der Waals surface area contributed by atoms with E-state index < -0.39 is 0 Å². The number of rotatable bonds is 8. The highest BCUT2D eigenvalue weighted by molar-refractivity contribution is 7.98. The Morgan fingerprint density at radius 3 is 2.63 bits per heavy atom. The van der Waals surface area contributed by atoms with Crippen LogP contribution in [0, 0.1) is 0 Å². The topological polar surface area (TPSA) is 28.2 Å². The number of nitrogens with zero attached hydrogens (tertiary/aromatic N) is 2. The van der Waals surface area contributed by atoms with Crippen molar-refractivity contribution in [2.75, 3.05) is 30.5 Å². The molecule has 108 valence electrons. The molecule has 3 nitrogen and oxygen atoms in total. The zero-order valence-electron chi connectivity index (χ0n) is 12.8. The zero-order chi connectivity index (χ0) is 14.3. The van der Waals surface area contributed by atoms with E-state index in [-0.39, 0.29) is 0 Å². The molecule has 0 saturated carbocycles. The van der Waals surface area contributed by atoms with Crippen molar-refractivity contribution in [2.24, 2.45) is 0 Å². The van der Waals surface area contributed by atoms with Gasteiger partial charge in [-0.2, -0.15) is 11.8 Å². The lowest BCUT2D eigenvalue weighted by atomic mass is 10.1. The summed E-state index contributed by atoms with van der Waals surface area (Å²) in [6.07, 6.45) is 5.33. The van der Waals surface area contributed by atoms with E-state index in [2.05, 4.69) is 61.4 Å². The fraction of sp³-hybridized carbons (Fsp3) is 0.667. The van der Waals surface area contributed by atoms with E-state index >= 15 is 0 Å². The maximum absolute atomic E-state index is 4.59. The fourth-order valence-electron chi connectivity index (χ4n) is 1.99. The van der Waals surface area contributed by atoms with E-state index in [0.29, 0.717) is 12.1 Å². The summed E-state index contributed by atoms with van der Waals surface area (Å²) in [4.78, 5) is 6.85. The van der Waals surface area contributed by atoms with Crippen LogP contribution in [0.1, 0.15) is 38.8 Å². The molecule has 2 atom stereocenters. The van der Waals surface area contributed by atoms with E-state index in [4.69, 9.17) is 0 Å². The Bertz CT molecular complexity index is 353. The smallest absolute Gasteiger partial charge is 0.128 e. The van der Waals surface area contributed by atoms with Gasteiger partial charge in [-0.15, -0.1) is 0 Å². The van der Waals surface area contributed by atoms with Crippen molar-refractivity contribution < 1.29 is 0 Å². The van der Waals surface area contributed by atoms with Crippen LogP contribution in [0.4, 0.5) is 5.82 Å². The van der Waals surface area contributed by atoms with Gasteiger partial charge in [0.05, 0.1) is 0 Å². The molecule has 1 heterocycles. The molecule has 4 heteroatoms. The second kappa shape index (κ2) is 8.43. The lowest BCUT2D eigenvalue weighted by molar-refractivity contribution is 0.595. The Labute approximate surface area is 122 Å². The molecule has 0 fully saturated rings. The predicted molar refractivity (Wildman–Crippen MR) is 87.2 cm³/mol. The monoisotopic (exact) mass is 281 g/mol. The molecule has 1 aromatic rings. The third-order valence-electron chi connectivity index (χ3n) is 3.54. The molecule has 0 aliphatic heterocycles. The lowest BCUT2D eigenvalue weighted by Crippen LogP contribution is -2.30. The standard InChI is InChI=1S/C15H27N3S/c1-6-16-13(3)14-7-8-15(17-11-14)18(4)12(2)9-10-19-5/h7-8,11-13,16H,6,9-10H2,1-5H3. The molecule has 1 rings (SSSR count). The first kappa shape index (κ1) is 16.3. The summed E-state index contributed by atoms with van der Waals surface area (Å²) in [6.45, 7) is 7.53. The molecule has 0 amide bonds. The summed E-state index contributed by atoms with van der Waals surface area (Å²) in [7, 11) is 2.13. The maximum atomic E-state index is 4.59. The average Bonchev–Trinajstić information content (AvgIpc) is 2.44. The van der Waals surface area contributed by atoms with Crippen LogP contribution in [0.3, 0.4) is 0 Å². The largest absolute Gasteiger partial charge is 0.357 e. The van der Waals surface area contributed by atoms with Gasteiger partial charge in [0.25, 0.3) is 0 Å². The predicted octanol–water partition coefficient (Wildman–Crippen LogP) is 3.33. The van der Waals surface area contributed by atoms with Crippen molar-refractivity contribution in [3.63, 3.8) is 0 Å². The van der Waals surface area contributed by atoms with Gasteiger partial charge in [0.1, 0.15) is 5.82 Å². The summed E-state index contributed by atoms with van der Waals surface area (Å²) in [5.41, 5.74) is 1.25. The fourth-order valence-corrected chi connectivity index (χ4v) is 2.57. The molecule has 19 heavy (non-hydrogen) atoms. The van der Waals surface area contributed by atoms with Crippen LogP contribution in [0.2, 0.25) is 0 Å². The molecule has 1 N–H and O–H groups in total. The summed E-state index contributed by atoms with van der Waals surface area (Å²) in [6, 6.07) is 5.19. The zero-order valence-corrected chi connectivity index (χ0v) is 13.6. The van der Waals surface area contributed by atoms with E-state index in [1.54, 1.807) is 0 Å². The summed E-state index contributed by atoms with van der Waals surface area (Å²) in [5, 5.41) is 3.40. The van der Waals surface area contributed by atoms with Gasteiger partial charge in [0.2, 0.25) is 0 Å². The normalized spacial score (nSPS) is 14.2. The Morgan fingerprint density at radius 1 is 1.37 bits per heavy atom. The van der Waals surface area contributed by atoms with Gasteiger partial charge in [0.15, 0.2) is 0 Å². The van der Waals surface area contributed by atoms with Crippen LogP contribution in [-0.2, 0) is 0 Å². The van der Waals surface area contributed by atoms with E-state index in [1.165, 1.54) is 17.7 Å². The Balaban J connectivity index is 2.64. The molecule has 0 spiro atoms. The van der Waals surface area contributed by atoms with E-state index in [9.17, 15) is 0 Å². The number of nitrogens with one attached hydrogen (secondary N) is 1. The minimum absolute atomic E-state index is 0.366. The molecule has 0 radical (unpaired) electrons. The van der Waals surface area contributed by atoms with Crippen LogP contribution >= 0.6 is 11.8 Å². The first-order chi connectivity index (χ1) is 9.10. The lowest BCUT2D eigenvalue weighted by Gasteiger charge is -2.26. The minimum Gasteiger partial charge on any atom is -0.357 e.